The zero-order chi connectivity index (χ0) is 73.6. The van der Waals surface area contributed by atoms with E-state index in [2.05, 4.69) is 389 Å². The van der Waals surface area contributed by atoms with Gasteiger partial charge in [0.1, 0.15) is 0 Å². The summed E-state index contributed by atoms with van der Waals surface area (Å²) in [5, 5.41) is 4.92. The highest BCUT2D eigenvalue weighted by atomic mass is 15.2. The molecule has 0 spiro atoms. The van der Waals surface area contributed by atoms with Crippen molar-refractivity contribution in [1.82, 2.24) is 9.13 Å². The largest absolute Gasteiger partial charge is 0.311 e. The minimum absolute atomic E-state index is 0.0720. The normalized spacial score (nSPS) is 16.0. The van der Waals surface area contributed by atoms with E-state index >= 15 is 0 Å². The molecule has 13 aromatic carbocycles. The molecular formula is C102H95BN4. The van der Waals surface area contributed by atoms with Gasteiger partial charge in [0.2, 0.25) is 0 Å². The molecular weight excluding hydrogens is 1290 g/mol. The lowest BCUT2D eigenvalue weighted by molar-refractivity contribution is 0.332. The van der Waals surface area contributed by atoms with Crippen LogP contribution in [0.3, 0.4) is 0 Å². The van der Waals surface area contributed by atoms with Crippen LogP contribution in [0.15, 0.2) is 273 Å². The molecule has 0 fully saturated rings. The molecule has 2 aromatic heterocycles. The first-order valence-corrected chi connectivity index (χ1v) is 39.1. The van der Waals surface area contributed by atoms with Crippen molar-refractivity contribution in [2.24, 2.45) is 0 Å². The molecule has 0 unspecified atom stereocenters. The molecule has 0 saturated heterocycles. The Morgan fingerprint density at radius 2 is 0.617 bits per heavy atom. The van der Waals surface area contributed by atoms with E-state index in [4.69, 9.17) is 0 Å². The molecule has 0 radical (unpaired) electrons. The number of aromatic nitrogens is 2. The van der Waals surface area contributed by atoms with Crippen molar-refractivity contribution in [2.45, 2.75) is 155 Å². The average molecular weight is 1390 g/mol. The van der Waals surface area contributed by atoms with Gasteiger partial charge in [0, 0.05) is 61.4 Å². The summed E-state index contributed by atoms with van der Waals surface area (Å²) in [6.45, 7) is 33.4. The van der Waals surface area contributed by atoms with Crippen molar-refractivity contribution in [3.63, 3.8) is 0 Å². The van der Waals surface area contributed by atoms with Gasteiger partial charge in [-0.25, -0.2) is 0 Å². The van der Waals surface area contributed by atoms with E-state index in [-0.39, 0.29) is 39.2 Å². The second-order valence-electron chi connectivity index (χ2n) is 36.3. The number of benzene rings is 13. The molecule has 4 aliphatic rings. The maximum Gasteiger partial charge on any atom is 0.252 e. The molecule has 2 aliphatic carbocycles. The van der Waals surface area contributed by atoms with E-state index in [1.807, 2.05) is 0 Å². The van der Waals surface area contributed by atoms with Crippen molar-refractivity contribution in [1.29, 1.82) is 0 Å². The molecule has 107 heavy (non-hydrogen) atoms. The van der Waals surface area contributed by atoms with Crippen molar-refractivity contribution >= 4 is 101 Å². The molecule has 4 nitrogen and oxygen atoms in total. The van der Waals surface area contributed by atoms with Crippen molar-refractivity contribution in [3.05, 3.63) is 306 Å². The highest BCUT2D eigenvalue weighted by Crippen LogP contribution is 2.53. The molecule has 19 rings (SSSR count). The van der Waals surface area contributed by atoms with Crippen LogP contribution in [0.4, 0.5) is 34.1 Å². The molecule has 5 heteroatoms. The van der Waals surface area contributed by atoms with Crippen molar-refractivity contribution in [2.75, 3.05) is 9.80 Å². The van der Waals surface area contributed by atoms with Gasteiger partial charge in [0.05, 0.1) is 27.8 Å². The lowest BCUT2D eigenvalue weighted by atomic mass is 9.33. The first-order valence-electron chi connectivity index (χ1n) is 39.1. The molecule has 15 aromatic rings. The highest BCUT2D eigenvalue weighted by molar-refractivity contribution is 7.00. The Morgan fingerprint density at radius 3 is 1.11 bits per heavy atom. The summed E-state index contributed by atoms with van der Waals surface area (Å²) < 4.78 is 5.06. The van der Waals surface area contributed by atoms with Gasteiger partial charge in [0.15, 0.2) is 0 Å². The lowest BCUT2D eigenvalue weighted by Gasteiger charge is -2.45. The maximum absolute atomic E-state index is 2.65. The topological polar surface area (TPSA) is 16.3 Å². The summed E-state index contributed by atoms with van der Waals surface area (Å²) in [6.07, 6.45) is 4.70. The van der Waals surface area contributed by atoms with Crippen LogP contribution < -0.4 is 26.2 Å². The number of nitrogens with zero attached hydrogens (tertiary/aromatic N) is 4. The average Bonchev–Trinajstić information content (AvgIpc) is 1.24. The van der Waals surface area contributed by atoms with Crippen LogP contribution in [-0.2, 0) is 32.5 Å². The predicted octanol–water partition coefficient (Wildman–Crippen LogP) is 25.9. The second-order valence-corrected chi connectivity index (χ2v) is 36.3. The Morgan fingerprint density at radius 1 is 0.262 bits per heavy atom. The first-order chi connectivity index (χ1) is 51.3. The van der Waals surface area contributed by atoms with Crippen molar-refractivity contribution in [3.8, 4) is 55.9 Å². The van der Waals surface area contributed by atoms with Crippen molar-refractivity contribution < 1.29 is 0 Å². The second kappa shape index (κ2) is 23.8. The molecule has 0 atom stereocenters. The van der Waals surface area contributed by atoms with E-state index < -0.39 is 0 Å². The van der Waals surface area contributed by atoms with Crippen LogP contribution in [0.2, 0.25) is 0 Å². The predicted molar refractivity (Wildman–Crippen MR) is 459 cm³/mol. The van der Waals surface area contributed by atoms with E-state index in [1.54, 1.807) is 0 Å². The first kappa shape index (κ1) is 66.8. The van der Waals surface area contributed by atoms with Gasteiger partial charge >= 0.3 is 0 Å². The lowest BCUT2D eigenvalue weighted by Crippen LogP contribution is -2.61. The van der Waals surface area contributed by atoms with Gasteiger partial charge in [0.25, 0.3) is 6.71 Å². The molecule has 4 heterocycles. The monoisotopic (exact) mass is 1390 g/mol. The number of anilines is 6. The van der Waals surface area contributed by atoms with Crippen LogP contribution in [0, 0.1) is 0 Å². The maximum atomic E-state index is 2.65. The number of fused-ring (bicyclic) bond motifs is 12. The standard InChI is InChI=1S/C102H95BN4/c1-97(2,3)72-54-71(55-73(60-72)98(4,5)6)70-38-47-86-92(59-70)104(74-40-32-65(33-41-74)68-36-45-82-84(57-68)101(11,12)52-50-99(82,7)8)94-62-77(107-88-29-21-18-26-78(88)79-27-19-22-30-89(79)107)63-95-96(94)103(86)87-48-44-76(106-90-31-23-20-28-80(90)81-56-67(39-49-91(81)106)64-24-16-15-17-25-64)61-93(87)105(95)75-42-34-66(35-43-75)69-37-46-83-85(58-69)102(13,14)53-51-100(83,9)10/h15-49,54-63H,50-53H2,1-14H3. The van der Waals surface area contributed by atoms with Gasteiger partial charge in [-0.15, -0.1) is 0 Å². The molecule has 526 valence electrons. The summed E-state index contributed by atoms with van der Waals surface area (Å²) in [7, 11) is 0. The summed E-state index contributed by atoms with van der Waals surface area (Å²) >= 11 is 0. The quantitative estimate of drug-likeness (QED) is 0.141. The van der Waals surface area contributed by atoms with Gasteiger partial charge < -0.3 is 18.9 Å². The van der Waals surface area contributed by atoms with Crippen LogP contribution >= 0.6 is 0 Å². The van der Waals surface area contributed by atoms with Gasteiger partial charge in [-0.1, -0.05) is 285 Å². The van der Waals surface area contributed by atoms with Gasteiger partial charge in [-0.3, -0.25) is 0 Å². The Kier molecular flexibility index (Phi) is 14.9. The van der Waals surface area contributed by atoms with Crippen LogP contribution in [0.5, 0.6) is 0 Å². The van der Waals surface area contributed by atoms with E-state index in [1.165, 1.54) is 169 Å². The Bertz CT molecular complexity index is 6070. The highest BCUT2D eigenvalue weighted by Gasteiger charge is 2.45. The zero-order valence-electron chi connectivity index (χ0n) is 64.7. The fourth-order valence-corrected chi connectivity index (χ4v) is 19.0. The van der Waals surface area contributed by atoms with Gasteiger partial charge in [-0.05, 0) is 237 Å². The molecule has 0 N–H and O–H groups in total. The fraction of sp³-hybridized carbons (Fsp3) is 0.235. The summed E-state index contributed by atoms with van der Waals surface area (Å²) in [6, 6.07) is 106. The third-order valence-corrected chi connectivity index (χ3v) is 25.5. The Labute approximate surface area is 633 Å². The molecule has 0 saturated carbocycles. The Hall–Kier alpha value is -10.9. The SMILES string of the molecule is CC(C)(C)c1cc(-c2ccc3c(c2)N(c2ccc(-c4ccc5c(c4)C(C)(C)CCC5(C)C)cc2)c2cc(-n4c5ccccc5c5ccccc54)cc4c2B3c2ccc(-n3c5ccccc5c5cc(-c6ccccc6)ccc53)cc2N4c2ccc(-c3ccc4c(c3)C(C)(C)CCC4(C)C)cc2)cc(C(C)(C)C)c1. The van der Waals surface area contributed by atoms with E-state index in [0.29, 0.717) is 0 Å². The zero-order valence-corrected chi connectivity index (χ0v) is 64.7. The smallest absolute Gasteiger partial charge is 0.252 e. The fourth-order valence-electron chi connectivity index (χ4n) is 19.0. The summed E-state index contributed by atoms with van der Waals surface area (Å²) in [5.74, 6) is 0. The van der Waals surface area contributed by atoms with Gasteiger partial charge in [-0.2, -0.15) is 0 Å². The number of hydrogen-bond donors (Lipinski definition) is 0. The summed E-state index contributed by atoms with van der Waals surface area (Å²) in [4.78, 5) is 5.29. The van der Waals surface area contributed by atoms with Crippen LogP contribution in [0.1, 0.15) is 156 Å². The minimum Gasteiger partial charge on any atom is -0.311 e. The van der Waals surface area contributed by atoms with E-state index in [9.17, 15) is 0 Å². The molecule has 0 bridgehead atoms. The molecule has 0 amide bonds. The third-order valence-electron chi connectivity index (χ3n) is 25.5. The number of para-hydroxylation sites is 3. The van der Waals surface area contributed by atoms with Crippen LogP contribution in [0.25, 0.3) is 99.5 Å². The minimum atomic E-state index is -0.171. The van der Waals surface area contributed by atoms with E-state index in [0.717, 1.165) is 39.8 Å². The number of hydrogen-bond acceptors (Lipinski definition) is 2. The van der Waals surface area contributed by atoms with Crippen LogP contribution in [-0.4, -0.2) is 15.8 Å². The third kappa shape index (κ3) is 10.7. The molecule has 2 aliphatic heterocycles. The number of rotatable bonds is 8. The Balaban J connectivity index is 0.892. The summed E-state index contributed by atoms with van der Waals surface area (Å²) in [5.41, 5.74) is 36.2.